The average molecular weight is 674 g/mol. The smallest absolute Gasteiger partial charge is 0.408 e. The molecule has 1 atom stereocenters. The summed E-state index contributed by atoms with van der Waals surface area (Å²) in [7, 11) is 1.76. The lowest BCUT2D eigenvalue weighted by Crippen LogP contribution is -2.64. The number of hydrogen-bond acceptors (Lipinski definition) is 9. The van der Waals surface area contributed by atoms with Crippen molar-refractivity contribution in [2.45, 2.75) is 57.2 Å². The van der Waals surface area contributed by atoms with Gasteiger partial charge in [0.15, 0.2) is 0 Å². The number of imide groups is 1. The molecule has 3 aromatic rings. The number of nitrogens with one attached hydrogen (secondary N) is 3. The van der Waals surface area contributed by atoms with E-state index in [2.05, 4.69) is 32.5 Å². The van der Waals surface area contributed by atoms with Crippen LogP contribution in [0.1, 0.15) is 77.9 Å². The molecular formula is C35H40ClN7O5. The first-order valence-electron chi connectivity index (χ1n) is 15.8. The third kappa shape index (κ3) is 7.28. The molecule has 2 aliphatic rings. The van der Waals surface area contributed by atoms with Crippen LogP contribution in [0, 0.1) is 0 Å². The maximum atomic E-state index is 14.4. The summed E-state index contributed by atoms with van der Waals surface area (Å²) in [6.07, 6.45) is 3.13. The third-order valence-electron chi connectivity index (χ3n) is 8.49. The first-order chi connectivity index (χ1) is 22.9. The van der Waals surface area contributed by atoms with Crippen molar-refractivity contribution in [1.29, 1.82) is 0 Å². The van der Waals surface area contributed by atoms with Crippen LogP contribution in [0.25, 0.3) is 6.08 Å². The van der Waals surface area contributed by atoms with Crippen molar-refractivity contribution in [3.05, 3.63) is 88.7 Å². The number of halogens is 1. The van der Waals surface area contributed by atoms with Gasteiger partial charge >= 0.3 is 6.09 Å². The first-order valence-corrected chi connectivity index (χ1v) is 16.2. The molecule has 3 heterocycles. The quantitative estimate of drug-likeness (QED) is 0.247. The second-order valence-electron chi connectivity index (χ2n) is 12.8. The summed E-state index contributed by atoms with van der Waals surface area (Å²) in [6, 6.07) is 13.1. The van der Waals surface area contributed by atoms with E-state index in [4.69, 9.17) is 16.3 Å². The molecule has 13 heteroatoms. The van der Waals surface area contributed by atoms with Crippen molar-refractivity contribution < 1.29 is 23.9 Å². The van der Waals surface area contributed by atoms with Crippen molar-refractivity contribution in [3.8, 4) is 0 Å². The number of piperidine rings is 1. The Labute approximate surface area is 284 Å². The minimum absolute atomic E-state index is 0.0615. The standard InChI is InChI=1S/C35H40ClN7O5/c1-6-24-28(37-5)38-21-39-29(24)42-19-16-35(17-20-42,41-33(47)48-34(2,3)4)32(46)40-27(22-11-13-23(36)14-12-22)15-18-43-30(44)25-9-7-8-10-26(25)31(43)45/h6-14,21,27H,1,15-20H2,2-5H3,(H,40,46)(H,41,47)(H,37,38,39). The maximum Gasteiger partial charge on any atom is 0.408 e. The summed E-state index contributed by atoms with van der Waals surface area (Å²) in [4.78, 5) is 65.8. The molecule has 0 saturated carbocycles. The Hall–Kier alpha value is -4.97. The van der Waals surface area contributed by atoms with Gasteiger partial charge in [-0.05, 0) is 69.9 Å². The molecule has 12 nitrogen and oxygen atoms in total. The number of carbonyl (C=O) groups is 4. The van der Waals surface area contributed by atoms with Crippen molar-refractivity contribution in [1.82, 2.24) is 25.5 Å². The van der Waals surface area contributed by atoms with Gasteiger partial charge in [0.1, 0.15) is 29.1 Å². The minimum atomic E-state index is -1.34. The number of fused-ring (bicyclic) bond motifs is 1. The van der Waals surface area contributed by atoms with Gasteiger partial charge in [-0.3, -0.25) is 19.3 Å². The zero-order chi connectivity index (χ0) is 34.6. The van der Waals surface area contributed by atoms with Crippen molar-refractivity contribution in [2.75, 3.05) is 36.9 Å². The van der Waals surface area contributed by atoms with E-state index < -0.39 is 29.2 Å². The molecule has 2 aliphatic heterocycles. The Balaban J connectivity index is 1.40. The lowest BCUT2D eigenvalue weighted by molar-refractivity contribution is -0.129. The molecule has 48 heavy (non-hydrogen) atoms. The summed E-state index contributed by atoms with van der Waals surface area (Å²) >= 11 is 6.18. The summed E-state index contributed by atoms with van der Waals surface area (Å²) in [6.45, 7) is 10.0. The largest absolute Gasteiger partial charge is 0.444 e. The molecule has 3 N–H and O–H groups in total. The summed E-state index contributed by atoms with van der Waals surface area (Å²) < 4.78 is 5.58. The molecule has 2 aromatic carbocycles. The third-order valence-corrected chi connectivity index (χ3v) is 8.74. The van der Waals surface area contributed by atoms with E-state index in [9.17, 15) is 19.2 Å². The van der Waals surface area contributed by atoms with E-state index in [-0.39, 0.29) is 37.6 Å². The lowest BCUT2D eigenvalue weighted by atomic mass is 9.85. The van der Waals surface area contributed by atoms with Gasteiger partial charge in [0.05, 0.1) is 22.7 Å². The van der Waals surface area contributed by atoms with Crippen LogP contribution < -0.4 is 20.9 Å². The molecule has 252 valence electrons. The van der Waals surface area contributed by atoms with Gasteiger partial charge in [-0.1, -0.05) is 48.5 Å². The zero-order valence-corrected chi connectivity index (χ0v) is 28.3. The van der Waals surface area contributed by atoms with Crippen molar-refractivity contribution in [2.24, 2.45) is 0 Å². The zero-order valence-electron chi connectivity index (χ0n) is 27.5. The molecule has 1 fully saturated rings. The number of rotatable bonds is 10. The SMILES string of the molecule is C=Cc1c(NC)ncnc1N1CCC(NC(=O)OC(C)(C)C)(C(=O)NC(CCN2C(=O)c3ccccc3C2=O)c2ccc(Cl)cc2)CC1. The number of ether oxygens (including phenoxy) is 1. The number of alkyl carbamates (subject to hydrolysis) is 1. The van der Waals surface area contributed by atoms with E-state index in [1.54, 1.807) is 82.4 Å². The van der Waals surface area contributed by atoms with Crippen LogP contribution in [0.5, 0.6) is 0 Å². The van der Waals surface area contributed by atoms with E-state index in [0.717, 1.165) is 11.1 Å². The monoisotopic (exact) mass is 673 g/mol. The van der Waals surface area contributed by atoms with Crippen LogP contribution in [0.3, 0.4) is 0 Å². The molecule has 0 radical (unpaired) electrons. The predicted octanol–water partition coefficient (Wildman–Crippen LogP) is 5.22. The predicted molar refractivity (Wildman–Crippen MR) is 184 cm³/mol. The van der Waals surface area contributed by atoms with Gasteiger partial charge in [-0.25, -0.2) is 14.8 Å². The number of amides is 4. The lowest BCUT2D eigenvalue weighted by Gasteiger charge is -2.42. The molecule has 0 spiro atoms. The topological polar surface area (TPSA) is 146 Å². The summed E-state index contributed by atoms with van der Waals surface area (Å²) in [5.41, 5.74) is 0.0356. The Morgan fingerprint density at radius 3 is 2.23 bits per heavy atom. The number of aromatic nitrogens is 2. The Morgan fingerprint density at radius 1 is 1.04 bits per heavy atom. The molecule has 1 saturated heterocycles. The molecule has 5 rings (SSSR count). The summed E-state index contributed by atoms with van der Waals surface area (Å²) in [5, 5.41) is 9.60. The van der Waals surface area contributed by atoms with E-state index in [0.29, 0.717) is 40.9 Å². The first kappa shape index (κ1) is 34.4. The van der Waals surface area contributed by atoms with Crippen LogP contribution >= 0.6 is 11.6 Å². The molecule has 4 amide bonds. The van der Waals surface area contributed by atoms with Crippen LogP contribution in [-0.2, 0) is 9.53 Å². The molecule has 0 bridgehead atoms. The van der Waals surface area contributed by atoms with Gasteiger partial charge in [0.2, 0.25) is 5.91 Å². The number of nitrogens with zero attached hydrogens (tertiary/aromatic N) is 4. The van der Waals surface area contributed by atoms with Gasteiger partial charge < -0.3 is 25.6 Å². The van der Waals surface area contributed by atoms with E-state index >= 15 is 0 Å². The van der Waals surface area contributed by atoms with Gasteiger partial charge in [-0.2, -0.15) is 0 Å². The average Bonchev–Trinajstić information content (AvgIpc) is 3.30. The highest BCUT2D eigenvalue weighted by Crippen LogP contribution is 2.32. The minimum Gasteiger partial charge on any atom is -0.444 e. The fourth-order valence-electron chi connectivity index (χ4n) is 6.05. The highest BCUT2D eigenvalue weighted by molar-refractivity contribution is 6.30. The van der Waals surface area contributed by atoms with Gasteiger partial charge in [0, 0.05) is 31.7 Å². The van der Waals surface area contributed by atoms with Crippen LogP contribution in [0.4, 0.5) is 16.4 Å². The van der Waals surface area contributed by atoms with Crippen LogP contribution in [-0.4, -0.2) is 76.5 Å². The fourth-order valence-corrected chi connectivity index (χ4v) is 6.17. The van der Waals surface area contributed by atoms with Crippen LogP contribution in [0.2, 0.25) is 5.02 Å². The Morgan fingerprint density at radius 2 is 1.67 bits per heavy atom. The second-order valence-corrected chi connectivity index (χ2v) is 13.2. The molecule has 1 aromatic heterocycles. The number of hydrogen-bond donors (Lipinski definition) is 3. The van der Waals surface area contributed by atoms with E-state index in [1.165, 1.54) is 11.2 Å². The normalized spacial score (nSPS) is 16.2. The number of carbonyl (C=O) groups excluding carboxylic acids is 4. The van der Waals surface area contributed by atoms with Gasteiger partial charge in [0.25, 0.3) is 11.8 Å². The summed E-state index contributed by atoms with van der Waals surface area (Å²) in [5.74, 6) is 0.114. The Bertz CT molecular complexity index is 1680. The van der Waals surface area contributed by atoms with Crippen molar-refractivity contribution >= 4 is 53.1 Å². The highest BCUT2D eigenvalue weighted by Gasteiger charge is 2.45. The second kappa shape index (κ2) is 14.0. The number of benzene rings is 2. The molecule has 0 aliphatic carbocycles. The van der Waals surface area contributed by atoms with E-state index in [1.807, 2.05) is 4.90 Å². The fraction of sp³-hybridized carbons (Fsp3) is 0.371. The van der Waals surface area contributed by atoms with Crippen molar-refractivity contribution in [3.63, 3.8) is 0 Å². The number of anilines is 2. The molecular weight excluding hydrogens is 634 g/mol. The highest BCUT2D eigenvalue weighted by atomic mass is 35.5. The van der Waals surface area contributed by atoms with Gasteiger partial charge in [-0.15, -0.1) is 0 Å². The maximum absolute atomic E-state index is 14.4. The Kier molecular flexibility index (Phi) is 10.0. The van der Waals surface area contributed by atoms with Crippen LogP contribution in [0.15, 0.2) is 61.4 Å². The molecule has 1 unspecified atom stereocenters.